The lowest BCUT2D eigenvalue weighted by Gasteiger charge is -2.18. The van der Waals surface area contributed by atoms with E-state index in [-0.39, 0.29) is 30.9 Å². The number of nitrogens with one attached hydrogen (secondary N) is 5. The Labute approximate surface area is 212 Å². The summed E-state index contributed by atoms with van der Waals surface area (Å²) >= 11 is 1.14. The van der Waals surface area contributed by atoms with Crippen LogP contribution in [0.2, 0.25) is 0 Å². The van der Waals surface area contributed by atoms with Crippen molar-refractivity contribution < 1.29 is 29.1 Å². The zero-order chi connectivity index (χ0) is 26.5. The number of carboxylic acids is 1. The predicted octanol–water partition coefficient (Wildman–Crippen LogP) is 1.32. The Morgan fingerprint density at radius 1 is 1.11 bits per heavy atom. The average molecular weight is 519 g/mol. The first-order valence-electron chi connectivity index (χ1n) is 11.2. The second kappa shape index (κ2) is 14.4. The zero-order valence-electron chi connectivity index (χ0n) is 20.0. The van der Waals surface area contributed by atoms with Crippen molar-refractivity contribution in [2.24, 2.45) is 5.92 Å². The fraction of sp³-hybridized carbons (Fsp3) is 0.391. The van der Waals surface area contributed by atoms with Gasteiger partial charge in [0.05, 0.1) is 17.1 Å². The Morgan fingerprint density at radius 2 is 1.89 bits per heavy atom. The molecular formula is C23H30N6O6S. The van der Waals surface area contributed by atoms with Crippen LogP contribution >= 0.6 is 11.3 Å². The van der Waals surface area contributed by atoms with Crippen molar-refractivity contribution in [3.8, 4) is 0 Å². The maximum Gasteiger partial charge on any atom is 0.320 e. The van der Waals surface area contributed by atoms with Gasteiger partial charge in [-0.15, -0.1) is 11.3 Å². The van der Waals surface area contributed by atoms with Gasteiger partial charge in [0.25, 0.3) is 5.91 Å². The molecule has 0 saturated carbocycles. The molecule has 1 unspecified atom stereocenters. The molecule has 0 spiro atoms. The maximum atomic E-state index is 12.4. The first kappa shape index (κ1) is 28.2. The monoisotopic (exact) mass is 518 g/mol. The van der Waals surface area contributed by atoms with Crippen molar-refractivity contribution >= 4 is 46.1 Å². The van der Waals surface area contributed by atoms with Gasteiger partial charge >= 0.3 is 12.0 Å². The summed E-state index contributed by atoms with van der Waals surface area (Å²) in [7, 11) is 0. The number of carboxylic acid groups (broad SMARTS) is 1. The van der Waals surface area contributed by atoms with Gasteiger partial charge in [-0.2, -0.15) is 0 Å². The van der Waals surface area contributed by atoms with Gasteiger partial charge in [0.15, 0.2) is 0 Å². The molecule has 2 rings (SSSR count). The highest BCUT2D eigenvalue weighted by molar-refractivity contribution is 7.14. The van der Waals surface area contributed by atoms with Gasteiger partial charge in [0.2, 0.25) is 11.8 Å². The van der Waals surface area contributed by atoms with Gasteiger partial charge in [-0.05, 0) is 30.0 Å². The van der Waals surface area contributed by atoms with Crippen LogP contribution in [0.25, 0.3) is 0 Å². The summed E-state index contributed by atoms with van der Waals surface area (Å²) in [6.45, 7) is 4.06. The highest BCUT2D eigenvalue weighted by atomic mass is 32.1. The lowest BCUT2D eigenvalue weighted by molar-refractivity contribution is -0.137. The minimum absolute atomic E-state index is 0.0820. The number of aromatic nitrogens is 1. The Bertz CT molecular complexity index is 1060. The third-order valence-electron chi connectivity index (χ3n) is 4.67. The van der Waals surface area contributed by atoms with E-state index in [2.05, 4.69) is 31.6 Å². The Hall–Kier alpha value is -4.00. The molecule has 13 heteroatoms. The van der Waals surface area contributed by atoms with Crippen LogP contribution < -0.4 is 26.6 Å². The van der Waals surface area contributed by atoms with Gasteiger partial charge in [-0.1, -0.05) is 19.9 Å². The van der Waals surface area contributed by atoms with Crippen molar-refractivity contribution in [1.29, 1.82) is 0 Å². The lowest BCUT2D eigenvalue weighted by atomic mass is 10.1. The molecule has 2 heterocycles. The number of carbonyl (C=O) groups excluding carboxylic acids is 4. The molecule has 6 N–H and O–H groups in total. The standard InChI is InChI=1S/C23H30N6O6S/c1-14(2)9-25-22(34)17(5-6-20(31)32)28-18(30)12-26-21(33)16-8-19(36-13-16)29-23(35)27-11-15-4-3-7-24-10-15/h3-4,7-8,10,13-14,17H,5-6,9,11-12H2,1-2H3,(H,25,34)(H,26,33)(H,28,30)(H,31,32)(H2,27,29,35). The minimum Gasteiger partial charge on any atom is -0.481 e. The summed E-state index contributed by atoms with van der Waals surface area (Å²) in [5.41, 5.74) is 1.08. The van der Waals surface area contributed by atoms with E-state index in [0.29, 0.717) is 11.5 Å². The third kappa shape index (κ3) is 10.5. The summed E-state index contributed by atoms with van der Waals surface area (Å²) in [4.78, 5) is 63.9. The number of thiophene rings is 1. The van der Waals surface area contributed by atoms with E-state index in [1.807, 2.05) is 19.9 Å². The number of carbonyl (C=O) groups is 5. The van der Waals surface area contributed by atoms with Crippen LogP contribution in [0.4, 0.5) is 9.80 Å². The van der Waals surface area contributed by atoms with E-state index in [0.717, 1.165) is 16.9 Å². The van der Waals surface area contributed by atoms with Crippen molar-refractivity contribution in [2.75, 3.05) is 18.4 Å². The van der Waals surface area contributed by atoms with E-state index in [9.17, 15) is 24.0 Å². The number of hydrogen-bond donors (Lipinski definition) is 6. The summed E-state index contributed by atoms with van der Waals surface area (Å²) in [5, 5.41) is 23.7. The topological polar surface area (TPSA) is 179 Å². The fourth-order valence-electron chi connectivity index (χ4n) is 2.83. The smallest absolute Gasteiger partial charge is 0.320 e. The number of hydrogen-bond acceptors (Lipinski definition) is 7. The summed E-state index contributed by atoms with van der Waals surface area (Å²) < 4.78 is 0. The fourth-order valence-corrected chi connectivity index (χ4v) is 3.61. The first-order chi connectivity index (χ1) is 17.1. The number of rotatable bonds is 13. The number of anilines is 1. The molecule has 0 aromatic carbocycles. The minimum atomic E-state index is -1.09. The lowest BCUT2D eigenvalue weighted by Crippen LogP contribution is -2.50. The van der Waals surface area contributed by atoms with Crippen LogP contribution in [0, 0.1) is 5.92 Å². The van der Waals surface area contributed by atoms with E-state index < -0.39 is 42.3 Å². The predicted molar refractivity (Wildman–Crippen MR) is 133 cm³/mol. The molecule has 36 heavy (non-hydrogen) atoms. The SMILES string of the molecule is CC(C)CNC(=O)C(CCC(=O)O)NC(=O)CNC(=O)c1csc(NC(=O)NCc2cccnc2)c1. The number of urea groups is 1. The highest BCUT2D eigenvalue weighted by Gasteiger charge is 2.22. The molecule has 194 valence electrons. The van der Waals surface area contributed by atoms with E-state index in [1.165, 1.54) is 11.4 Å². The van der Waals surface area contributed by atoms with E-state index >= 15 is 0 Å². The number of pyridine rings is 1. The molecule has 0 radical (unpaired) electrons. The van der Waals surface area contributed by atoms with Gasteiger partial charge in [0.1, 0.15) is 6.04 Å². The van der Waals surface area contributed by atoms with Crippen LogP contribution in [0.3, 0.4) is 0 Å². The Morgan fingerprint density at radius 3 is 2.56 bits per heavy atom. The van der Waals surface area contributed by atoms with Gasteiger partial charge < -0.3 is 26.4 Å². The molecule has 0 aliphatic rings. The highest BCUT2D eigenvalue weighted by Crippen LogP contribution is 2.20. The molecule has 5 amide bonds. The average Bonchev–Trinajstić information content (AvgIpc) is 3.31. The molecule has 2 aromatic heterocycles. The summed E-state index contributed by atoms with van der Waals surface area (Å²) in [6.07, 6.45) is 2.89. The molecule has 12 nitrogen and oxygen atoms in total. The Balaban J connectivity index is 1.81. The van der Waals surface area contributed by atoms with Crippen LogP contribution in [0.15, 0.2) is 36.0 Å². The van der Waals surface area contributed by atoms with Crippen LogP contribution in [-0.4, -0.2) is 58.9 Å². The number of amides is 5. The molecule has 0 bridgehead atoms. The molecule has 1 atom stereocenters. The summed E-state index contributed by atoms with van der Waals surface area (Å²) in [5.74, 6) is -2.58. The largest absolute Gasteiger partial charge is 0.481 e. The van der Waals surface area contributed by atoms with Gasteiger partial charge in [-0.3, -0.25) is 29.5 Å². The molecule has 2 aromatic rings. The van der Waals surface area contributed by atoms with Gasteiger partial charge in [0, 0.05) is 37.3 Å². The van der Waals surface area contributed by atoms with Crippen LogP contribution in [-0.2, 0) is 20.9 Å². The quantitative estimate of drug-likeness (QED) is 0.231. The molecule has 0 aliphatic heterocycles. The van der Waals surface area contributed by atoms with Crippen LogP contribution in [0.1, 0.15) is 42.6 Å². The number of aliphatic carboxylic acids is 1. The Kier molecular flexibility index (Phi) is 11.3. The molecule has 0 fully saturated rings. The number of nitrogens with zero attached hydrogens (tertiary/aromatic N) is 1. The van der Waals surface area contributed by atoms with Crippen molar-refractivity contribution in [3.05, 3.63) is 47.1 Å². The summed E-state index contributed by atoms with van der Waals surface area (Å²) in [6, 6.07) is 3.57. The van der Waals surface area contributed by atoms with Crippen molar-refractivity contribution in [2.45, 2.75) is 39.3 Å². The normalized spacial score (nSPS) is 11.3. The second-order valence-corrected chi connectivity index (χ2v) is 9.15. The molecule has 0 saturated heterocycles. The van der Waals surface area contributed by atoms with Gasteiger partial charge in [-0.25, -0.2) is 4.79 Å². The third-order valence-corrected chi connectivity index (χ3v) is 5.51. The maximum absolute atomic E-state index is 12.4. The first-order valence-corrected chi connectivity index (χ1v) is 12.1. The second-order valence-electron chi connectivity index (χ2n) is 8.24. The molecular weight excluding hydrogens is 488 g/mol. The van der Waals surface area contributed by atoms with Crippen molar-refractivity contribution in [3.63, 3.8) is 0 Å². The van der Waals surface area contributed by atoms with Crippen LogP contribution in [0.5, 0.6) is 0 Å². The molecule has 0 aliphatic carbocycles. The van der Waals surface area contributed by atoms with Crippen molar-refractivity contribution in [1.82, 2.24) is 26.3 Å². The zero-order valence-corrected chi connectivity index (χ0v) is 20.8. The van der Waals surface area contributed by atoms with E-state index in [4.69, 9.17) is 5.11 Å². The van der Waals surface area contributed by atoms with E-state index in [1.54, 1.807) is 18.5 Å².